The Morgan fingerprint density at radius 2 is 1.65 bits per heavy atom. The maximum absolute atomic E-state index is 12.8. The molecule has 1 atom stereocenters. The van der Waals surface area contributed by atoms with Crippen molar-refractivity contribution in [1.29, 1.82) is 0 Å². The molecule has 0 spiro atoms. The highest BCUT2D eigenvalue weighted by Gasteiger charge is 2.46. The summed E-state index contributed by atoms with van der Waals surface area (Å²) in [6.07, 6.45) is 0. The van der Waals surface area contributed by atoms with Gasteiger partial charge in [0.05, 0.1) is 4.90 Å². The van der Waals surface area contributed by atoms with Crippen LogP contribution in [0.5, 0.6) is 0 Å². The first-order chi connectivity index (χ1) is 11.0. The van der Waals surface area contributed by atoms with Crippen molar-refractivity contribution in [2.45, 2.75) is 17.9 Å². The molecular weight excluding hydrogens is 314 g/mol. The van der Waals surface area contributed by atoms with Crippen LogP contribution in [0.15, 0.2) is 59.5 Å². The third kappa shape index (κ3) is 2.40. The zero-order valence-corrected chi connectivity index (χ0v) is 13.3. The first-order valence-electron chi connectivity index (χ1n) is 7.23. The Bertz CT molecular complexity index is 874. The molecule has 2 aromatic rings. The molecule has 0 fully saturated rings. The Morgan fingerprint density at radius 3 is 2.30 bits per heavy atom. The number of nitrogens with zero attached hydrogens (tertiary/aromatic N) is 1. The van der Waals surface area contributed by atoms with E-state index in [2.05, 4.69) is 0 Å². The predicted molar refractivity (Wildman–Crippen MR) is 84.9 cm³/mol. The Balaban J connectivity index is 2.18. The zero-order valence-electron chi connectivity index (χ0n) is 12.5. The van der Waals surface area contributed by atoms with Crippen LogP contribution in [-0.2, 0) is 10.0 Å². The number of ketones is 2. The van der Waals surface area contributed by atoms with Gasteiger partial charge in [-0.2, -0.15) is 4.31 Å². The number of benzene rings is 2. The van der Waals surface area contributed by atoms with E-state index in [-0.39, 0.29) is 17.0 Å². The lowest BCUT2D eigenvalue weighted by Crippen LogP contribution is -2.53. The molecule has 23 heavy (non-hydrogen) atoms. The van der Waals surface area contributed by atoms with E-state index in [0.29, 0.717) is 5.56 Å². The summed E-state index contributed by atoms with van der Waals surface area (Å²) in [5, 5.41) is 0. The number of hydrogen-bond donors (Lipinski definition) is 0. The number of rotatable bonds is 3. The fourth-order valence-electron chi connectivity index (χ4n) is 2.80. The number of carbonyl (C=O) groups excluding carboxylic acids is 2. The number of likely N-dealkylation sites (N-methyl/N-ethyl adjacent to an activating group) is 1. The largest absolute Gasteiger partial charge is 0.292 e. The molecule has 6 heteroatoms. The zero-order chi connectivity index (χ0) is 16.6. The van der Waals surface area contributed by atoms with E-state index in [1.165, 1.54) is 12.1 Å². The van der Waals surface area contributed by atoms with Crippen LogP contribution in [0.2, 0.25) is 0 Å². The molecule has 118 valence electrons. The molecular formula is C17H15NO4S. The van der Waals surface area contributed by atoms with Gasteiger partial charge in [0.1, 0.15) is 0 Å². The van der Waals surface area contributed by atoms with Gasteiger partial charge in [-0.05, 0) is 12.1 Å². The fourth-order valence-corrected chi connectivity index (χ4v) is 4.56. The Hall–Kier alpha value is -2.31. The topological polar surface area (TPSA) is 71.5 Å². The lowest BCUT2D eigenvalue weighted by atomic mass is 9.96. The quantitative estimate of drug-likeness (QED) is 0.639. The first-order valence-corrected chi connectivity index (χ1v) is 8.67. The van der Waals surface area contributed by atoms with Crippen molar-refractivity contribution in [2.24, 2.45) is 0 Å². The molecule has 0 aliphatic carbocycles. The standard InChI is InChI=1S/C17H15NO4S/c1-2-18-15(16(19)12-8-4-3-5-9-12)17(20)13-10-6-7-11-14(13)23(18,21)22/h3-11,15H,2H2,1H3. The van der Waals surface area contributed by atoms with Crippen molar-refractivity contribution in [1.82, 2.24) is 4.31 Å². The van der Waals surface area contributed by atoms with Crippen LogP contribution in [0.1, 0.15) is 27.6 Å². The van der Waals surface area contributed by atoms with Gasteiger partial charge in [0.2, 0.25) is 10.0 Å². The van der Waals surface area contributed by atoms with Gasteiger partial charge >= 0.3 is 0 Å². The average Bonchev–Trinajstić information content (AvgIpc) is 2.58. The number of fused-ring (bicyclic) bond motifs is 1. The van der Waals surface area contributed by atoms with Crippen molar-refractivity contribution < 1.29 is 18.0 Å². The maximum atomic E-state index is 12.8. The van der Waals surface area contributed by atoms with Gasteiger partial charge in [0.25, 0.3) is 0 Å². The van der Waals surface area contributed by atoms with E-state index >= 15 is 0 Å². The van der Waals surface area contributed by atoms with Crippen molar-refractivity contribution in [3.05, 3.63) is 65.7 Å². The van der Waals surface area contributed by atoms with Gasteiger partial charge in [0.15, 0.2) is 17.6 Å². The van der Waals surface area contributed by atoms with Gasteiger partial charge in [-0.25, -0.2) is 8.42 Å². The number of carbonyl (C=O) groups is 2. The summed E-state index contributed by atoms with van der Waals surface area (Å²) in [4.78, 5) is 25.5. The van der Waals surface area contributed by atoms with Crippen molar-refractivity contribution in [3.63, 3.8) is 0 Å². The highest BCUT2D eigenvalue weighted by Crippen LogP contribution is 2.31. The molecule has 0 saturated heterocycles. The second-order valence-electron chi connectivity index (χ2n) is 5.20. The van der Waals surface area contributed by atoms with Crippen LogP contribution in [0, 0.1) is 0 Å². The average molecular weight is 329 g/mol. The third-order valence-corrected chi connectivity index (χ3v) is 5.89. The molecule has 1 aliphatic rings. The summed E-state index contributed by atoms with van der Waals surface area (Å²) in [5.41, 5.74) is 0.394. The summed E-state index contributed by atoms with van der Waals surface area (Å²) in [5.74, 6) is -0.985. The second-order valence-corrected chi connectivity index (χ2v) is 7.06. The Morgan fingerprint density at radius 1 is 1.04 bits per heavy atom. The molecule has 1 heterocycles. The summed E-state index contributed by atoms with van der Waals surface area (Å²) in [6, 6.07) is 12.9. The first kappa shape index (κ1) is 15.6. The molecule has 0 radical (unpaired) electrons. The Labute approximate surface area is 134 Å². The lowest BCUT2D eigenvalue weighted by Gasteiger charge is -2.33. The molecule has 3 rings (SSSR count). The van der Waals surface area contributed by atoms with Crippen LogP contribution in [-0.4, -0.2) is 36.9 Å². The van der Waals surface area contributed by atoms with E-state index in [0.717, 1.165) is 4.31 Å². The van der Waals surface area contributed by atoms with E-state index in [1.807, 2.05) is 0 Å². The number of Topliss-reactive ketones (excluding diaryl/α,β-unsaturated/α-hetero) is 2. The van der Waals surface area contributed by atoms with E-state index in [4.69, 9.17) is 0 Å². The summed E-state index contributed by atoms with van der Waals surface area (Å²) < 4.78 is 26.5. The van der Waals surface area contributed by atoms with Crippen LogP contribution in [0.4, 0.5) is 0 Å². The normalized spacial score (nSPS) is 20.0. The molecule has 0 amide bonds. The summed E-state index contributed by atoms with van der Waals surface area (Å²) in [6.45, 7) is 1.66. The highest BCUT2D eigenvalue weighted by molar-refractivity contribution is 7.89. The number of hydrogen-bond acceptors (Lipinski definition) is 4. The van der Waals surface area contributed by atoms with Crippen molar-refractivity contribution in [3.8, 4) is 0 Å². The van der Waals surface area contributed by atoms with Gasteiger partial charge in [0, 0.05) is 17.7 Å². The van der Waals surface area contributed by atoms with Crippen LogP contribution in [0.25, 0.3) is 0 Å². The minimum atomic E-state index is -3.88. The van der Waals surface area contributed by atoms with Crippen molar-refractivity contribution >= 4 is 21.6 Å². The molecule has 0 N–H and O–H groups in total. The highest BCUT2D eigenvalue weighted by atomic mass is 32.2. The van der Waals surface area contributed by atoms with Crippen LogP contribution < -0.4 is 0 Å². The molecule has 0 saturated carbocycles. The minimum absolute atomic E-state index is 0.0380. The van der Waals surface area contributed by atoms with Gasteiger partial charge in [-0.15, -0.1) is 0 Å². The Kier molecular flexibility index (Phi) is 3.87. The molecule has 1 unspecified atom stereocenters. The van der Waals surface area contributed by atoms with E-state index in [9.17, 15) is 18.0 Å². The fraction of sp³-hybridized carbons (Fsp3) is 0.176. The maximum Gasteiger partial charge on any atom is 0.244 e. The molecule has 1 aliphatic heterocycles. The number of sulfonamides is 1. The van der Waals surface area contributed by atoms with E-state index < -0.39 is 27.6 Å². The smallest absolute Gasteiger partial charge is 0.244 e. The molecule has 0 aromatic heterocycles. The van der Waals surface area contributed by atoms with Gasteiger partial charge < -0.3 is 0 Å². The second kappa shape index (κ2) is 5.72. The molecule has 5 nitrogen and oxygen atoms in total. The summed E-state index contributed by atoms with van der Waals surface area (Å²) >= 11 is 0. The third-order valence-electron chi connectivity index (χ3n) is 3.89. The van der Waals surface area contributed by atoms with Crippen molar-refractivity contribution in [2.75, 3.05) is 6.54 Å². The SMILES string of the molecule is CCN1C(C(=O)c2ccccc2)C(=O)c2ccccc2S1(=O)=O. The lowest BCUT2D eigenvalue weighted by molar-refractivity contribution is 0.0771. The van der Waals surface area contributed by atoms with Crippen LogP contribution >= 0.6 is 0 Å². The summed E-state index contributed by atoms with van der Waals surface area (Å²) in [7, 11) is -3.88. The van der Waals surface area contributed by atoms with E-state index in [1.54, 1.807) is 49.4 Å². The van der Waals surface area contributed by atoms with Crippen LogP contribution in [0.3, 0.4) is 0 Å². The van der Waals surface area contributed by atoms with Gasteiger partial charge in [-0.3, -0.25) is 9.59 Å². The monoisotopic (exact) mass is 329 g/mol. The molecule has 0 bridgehead atoms. The van der Waals surface area contributed by atoms with Gasteiger partial charge in [-0.1, -0.05) is 49.4 Å². The predicted octanol–water partition coefficient (Wildman–Crippen LogP) is 2.15. The molecule has 2 aromatic carbocycles. The minimum Gasteiger partial charge on any atom is -0.292 e.